The van der Waals surface area contributed by atoms with Gasteiger partial charge in [0, 0.05) is 11.1 Å². The van der Waals surface area contributed by atoms with Gasteiger partial charge >= 0.3 is 0 Å². The summed E-state index contributed by atoms with van der Waals surface area (Å²) >= 11 is 0. The molecular formula is C15H14N2O4. The molecule has 2 aromatic carbocycles. The maximum absolute atomic E-state index is 11.8. The molecule has 1 amide bonds. The summed E-state index contributed by atoms with van der Waals surface area (Å²) in [6.45, 7) is 1.59. The highest BCUT2D eigenvalue weighted by atomic mass is 16.3. The molecule has 21 heavy (non-hydrogen) atoms. The number of phenolic OH excluding ortho intramolecular Hbond substituents is 3. The van der Waals surface area contributed by atoms with Gasteiger partial charge in [0.1, 0.15) is 17.2 Å². The van der Waals surface area contributed by atoms with Gasteiger partial charge in [-0.05, 0) is 49.4 Å². The van der Waals surface area contributed by atoms with Gasteiger partial charge in [-0.1, -0.05) is 0 Å². The van der Waals surface area contributed by atoms with Gasteiger partial charge in [0.05, 0.1) is 5.71 Å². The Morgan fingerprint density at radius 2 is 1.62 bits per heavy atom. The molecule has 0 bridgehead atoms. The number of aromatic hydroxyl groups is 3. The number of phenols is 3. The zero-order valence-electron chi connectivity index (χ0n) is 11.2. The summed E-state index contributed by atoms with van der Waals surface area (Å²) < 4.78 is 0. The molecule has 0 aliphatic rings. The average Bonchev–Trinajstić information content (AvgIpc) is 2.47. The SMILES string of the molecule is C/C(=N\NC(=O)c1ccc(O)cc1)c1cc(O)ccc1O. The van der Waals surface area contributed by atoms with Crippen molar-refractivity contribution in [3.63, 3.8) is 0 Å². The van der Waals surface area contributed by atoms with Crippen LogP contribution in [0.2, 0.25) is 0 Å². The summed E-state index contributed by atoms with van der Waals surface area (Å²) in [5, 5.41) is 32.1. The van der Waals surface area contributed by atoms with E-state index in [9.17, 15) is 15.0 Å². The molecule has 0 aliphatic heterocycles. The second-order valence-electron chi connectivity index (χ2n) is 4.39. The van der Waals surface area contributed by atoms with Crippen LogP contribution in [0.1, 0.15) is 22.8 Å². The van der Waals surface area contributed by atoms with Crippen molar-refractivity contribution >= 4 is 11.6 Å². The van der Waals surface area contributed by atoms with Crippen LogP contribution < -0.4 is 5.43 Å². The van der Waals surface area contributed by atoms with E-state index in [-0.39, 0.29) is 17.2 Å². The van der Waals surface area contributed by atoms with Crippen molar-refractivity contribution in [3.8, 4) is 17.2 Å². The highest BCUT2D eigenvalue weighted by Crippen LogP contribution is 2.22. The van der Waals surface area contributed by atoms with E-state index in [1.54, 1.807) is 6.92 Å². The summed E-state index contributed by atoms with van der Waals surface area (Å²) in [5.41, 5.74) is 3.34. The average molecular weight is 286 g/mol. The molecule has 2 rings (SSSR count). The Bertz CT molecular complexity index is 693. The van der Waals surface area contributed by atoms with Gasteiger partial charge in [-0.15, -0.1) is 0 Å². The van der Waals surface area contributed by atoms with Crippen LogP contribution in [0.4, 0.5) is 0 Å². The lowest BCUT2D eigenvalue weighted by Crippen LogP contribution is -2.19. The van der Waals surface area contributed by atoms with Crippen LogP contribution in [0.25, 0.3) is 0 Å². The molecule has 0 aromatic heterocycles. The summed E-state index contributed by atoms with van der Waals surface area (Å²) in [4.78, 5) is 11.8. The molecule has 0 aliphatic carbocycles. The number of nitrogens with zero attached hydrogens (tertiary/aromatic N) is 1. The lowest BCUT2D eigenvalue weighted by atomic mass is 10.1. The summed E-state index contributed by atoms with van der Waals surface area (Å²) in [6, 6.07) is 9.75. The molecule has 0 unspecified atom stereocenters. The van der Waals surface area contributed by atoms with Crippen molar-refractivity contribution in [1.82, 2.24) is 5.43 Å². The van der Waals surface area contributed by atoms with Gasteiger partial charge in [0.2, 0.25) is 0 Å². The van der Waals surface area contributed by atoms with Crippen LogP contribution in [0, 0.1) is 0 Å². The summed E-state index contributed by atoms with van der Waals surface area (Å²) in [6.07, 6.45) is 0. The monoisotopic (exact) mass is 286 g/mol. The third kappa shape index (κ3) is 3.50. The van der Waals surface area contributed by atoms with Crippen molar-refractivity contribution in [2.75, 3.05) is 0 Å². The van der Waals surface area contributed by atoms with Gasteiger partial charge in [0.15, 0.2) is 0 Å². The first kappa shape index (κ1) is 14.4. The van der Waals surface area contributed by atoms with E-state index in [4.69, 9.17) is 5.11 Å². The van der Waals surface area contributed by atoms with Gasteiger partial charge in [-0.2, -0.15) is 5.10 Å². The van der Waals surface area contributed by atoms with Crippen molar-refractivity contribution in [2.24, 2.45) is 5.10 Å². The van der Waals surface area contributed by atoms with Crippen LogP contribution in [-0.4, -0.2) is 26.9 Å². The normalized spacial score (nSPS) is 11.2. The molecule has 6 nitrogen and oxygen atoms in total. The van der Waals surface area contributed by atoms with Crippen molar-refractivity contribution in [2.45, 2.75) is 6.92 Å². The molecule has 0 fully saturated rings. The topological polar surface area (TPSA) is 102 Å². The smallest absolute Gasteiger partial charge is 0.271 e. The first-order valence-corrected chi connectivity index (χ1v) is 6.13. The van der Waals surface area contributed by atoms with E-state index in [0.717, 1.165) is 0 Å². The fourth-order valence-electron chi connectivity index (χ4n) is 1.69. The van der Waals surface area contributed by atoms with Crippen molar-refractivity contribution < 1.29 is 20.1 Å². The number of benzene rings is 2. The summed E-state index contributed by atoms with van der Waals surface area (Å²) in [5.74, 6) is -0.444. The standard InChI is InChI=1S/C15H14N2O4/c1-9(13-8-12(19)6-7-14(13)20)16-17-15(21)10-2-4-11(18)5-3-10/h2-8,18-20H,1H3,(H,17,21)/b16-9+. The summed E-state index contributed by atoms with van der Waals surface area (Å²) in [7, 11) is 0. The predicted octanol–water partition coefficient (Wildman–Crippen LogP) is 1.96. The molecule has 2 aromatic rings. The van der Waals surface area contributed by atoms with Crippen LogP contribution in [0.15, 0.2) is 47.6 Å². The second kappa shape index (κ2) is 5.96. The number of hydrogen-bond acceptors (Lipinski definition) is 5. The van der Waals surface area contributed by atoms with Crippen LogP contribution >= 0.6 is 0 Å². The minimum Gasteiger partial charge on any atom is -0.508 e. The van der Waals surface area contributed by atoms with E-state index in [0.29, 0.717) is 16.8 Å². The minimum atomic E-state index is -0.450. The number of rotatable bonds is 3. The van der Waals surface area contributed by atoms with E-state index in [2.05, 4.69) is 10.5 Å². The zero-order chi connectivity index (χ0) is 15.4. The molecular weight excluding hydrogens is 272 g/mol. The van der Waals surface area contributed by atoms with Gasteiger partial charge in [-0.3, -0.25) is 4.79 Å². The third-order valence-electron chi connectivity index (χ3n) is 2.82. The van der Waals surface area contributed by atoms with Crippen LogP contribution in [0.3, 0.4) is 0 Å². The van der Waals surface area contributed by atoms with Crippen molar-refractivity contribution in [1.29, 1.82) is 0 Å². The minimum absolute atomic E-state index is 0.0118. The van der Waals surface area contributed by atoms with Crippen LogP contribution in [0.5, 0.6) is 17.2 Å². The second-order valence-corrected chi connectivity index (χ2v) is 4.39. The highest BCUT2D eigenvalue weighted by Gasteiger charge is 2.08. The van der Waals surface area contributed by atoms with Crippen molar-refractivity contribution in [3.05, 3.63) is 53.6 Å². The lowest BCUT2D eigenvalue weighted by molar-refractivity contribution is 0.0955. The predicted molar refractivity (Wildman–Crippen MR) is 77.6 cm³/mol. The number of hydrogen-bond donors (Lipinski definition) is 4. The molecule has 0 heterocycles. The maximum Gasteiger partial charge on any atom is 0.271 e. The first-order valence-electron chi connectivity index (χ1n) is 6.13. The Morgan fingerprint density at radius 1 is 1.00 bits per heavy atom. The lowest BCUT2D eigenvalue weighted by Gasteiger charge is -2.06. The Kier molecular flexibility index (Phi) is 4.08. The fraction of sp³-hybridized carbons (Fsp3) is 0.0667. The number of amides is 1. The molecule has 0 saturated carbocycles. The molecule has 0 atom stereocenters. The molecule has 108 valence electrons. The van der Waals surface area contributed by atoms with E-state index < -0.39 is 5.91 Å². The quantitative estimate of drug-likeness (QED) is 0.393. The number of carbonyl (C=O) groups excluding carboxylic acids is 1. The molecule has 0 radical (unpaired) electrons. The Morgan fingerprint density at radius 3 is 2.29 bits per heavy atom. The Balaban J connectivity index is 2.14. The third-order valence-corrected chi connectivity index (χ3v) is 2.82. The van der Waals surface area contributed by atoms with Gasteiger partial charge < -0.3 is 15.3 Å². The number of hydrazone groups is 1. The first-order chi connectivity index (χ1) is 9.97. The number of nitrogens with one attached hydrogen (secondary N) is 1. The van der Waals surface area contributed by atoms with E-state index in [1.807, 2.05) is 0 Å². The molecule has 6 heteroatoms. The van der Waals surface area contributed by atoms with Gasteiger partial charge in [-0.25, -0.2) is 5.43 Å². The Labute approximate surface area is 121 Å². The molecule has 4 N–H and O–H groups in total. The zero-order valence-corrected chi connectivity index (χ0v) is 11.2. The number of carbonyl (C=O) groups is 1. The molecule has 0 spiro atoms. The van der Waals surface area contributed by atoms with Crippen LogP contribution in [-0.2, 0) is 0 Å². The largest absolute Gasteiger partial charge is 0.508 e. The maximum atomic E-state index is 11.8. The van der Waals surface area contributed by atoms with Gasteiger partial charge in [0.25, 0.3) is 5.91 Å². The van der Waals surface area contributed by atoms with E-state index >= 15 is 0 Å². The fourth-order valence-corrected chi connectivity index (χ4v) is 1.69. The van der Waals surface area contributed by atoms with E-state index in [1.165, 1.54) is 42.5 Å². The Hall–Kier alpha value is -3.02. The molecule has 0 saturated heterocycles. The highest BCUT2D eigenvalue weighted by molar-refractivity contribution is 6.02.